The number of pyridine rings is 2. The highest BCUT2D eigenvalue weighted by Gasteiger charge is 2.70. The van der Waals surface area contributed by atoms with Crippen LogP contribution in [0.25, 0.3) is 22.0 Å². The largest absolute Gasteiger partial charge is 0.357 e. The number of piperidine rings is 1. The summed E-state index contributed by atoms with van der Waals surface area (Å²) in [5, 5.41) is 0.389. The predicted molar refractivity (Wildman–Crippen MR) is 116 cm³/mol. The summed E-state index contributed by atoms with van der Waals surface area (Å²) in [6.45, 7) is -2.23. The van der Waals surface area contributed by atoms with E-state index in [1.54, 1.807) is 11.0 Å². The molecule has 170 valence electrons. The van der Waals surface area contributed by atoms with E-state index in [9.17, 15) is 22.0 Å². The van der Waals surface area contributed by atoms with Gasteiger partial charge >= 0.3 is 0 Å². The summed E-state index contributed by atoms with van der Waals surface area (Å²) >= 11 is 0. The van der Waals surface area contributed by atoms with E-state index in [1.165, 1.54) is 31.7 Å². The quantitative estimate of drug-likeness (QED) is 0.615. The number of aromatic amines is 1. The van der Waals surface area contributed by atoms with Crippen LogP contribution >= 0.6 is 0 Å². The van der Waals surface area contributed by atoms with Gasteiger partial charge in [0.25, 0.3) is 11.5 Å². The number of nitrogens with one attached hydrogen (secondary N) is 2. The van der Waals surface area contributed by atoms with Crippen molar-refractivity contribution in [3.05, 3.63) is 41.1 Å². The lowest BCUT2D eigenvalue weighted by atomic mass is 9.92. The zero-order valence-electron chi connectivity index (χ0n) is 20.2. The molecule has 1 saturated carbocycles. The average Bonchev–Trinajstić information content (AvgIpc) is 3.13. The van der Waals surface area contributed by atoms with Crippen LogP contribution in [0.15, 0.2) is 40.4 Å². The van der Waals surface area contributed by atoms with Crippen molar-refractivity contribution in [2.75, 3.05) is 25.0 Å². The number of nitrogens with zero attached hydrogens (tertiary/aromatic N) is 3. The number of aromatic nitrogens is 3. The van der Waals surface area contributed by atoms with Crippen molar-refractivity contribution in [3.8, 4) is 11.1 Å². The van der Waals surface area contributed by atoms with Gasteiger partial charge in [-0.15, -0.1) is 0 Å². The Morgan fingerprint density at radius 2 is 2.00 bits per heavy atom. The number of anilines is 1. The molecule has 3 aromatic heterocycles. The Bertz CT molecular complexity index is 1490. The summed E-state index contributed by atoms with van der Waals surface area (Å²) in [7, 11) is -2.65. The van der Waals surface area contributed by atoms with Crippen molar-refractivity contribution in [1.29, 1.82) is 0 Å². The molecule has 1 saturated heterocycles. The number of H-pyrrole nitrogens is 1. The summed E-state index contributed by atoms with van der Waals surface area (Å²) in [6, 6.07) is 2.95. The molecule has 11 heteroatoms. The second-order valence-corrected chi connectivity index (χ2v) is 10.3. The molecule has 32 heavy (non-hydrogen) atoms. The lowest BCUT2D eigenvalue weighted by Gasteiger charge is -2.34. The van der Waals surface area contributed by atoms with Gasteiger partial charge in [-0.05, 0) is 32.0 Å². The standard InChI is InChI=1S/C21H23F2N5O3S/c1-24-32(30,31)13-9-15(16-11-27(2)19(29)17-14(16)3-6-25-17)18(26-10-13)28-7-4-20(5-8-28)12-21(20,22)23/h3,6,9-11,24-25H,4-5,7-8,12H2,1-2H3/i2D3. The van der Waals surface area contributed by atoms with Gasteiger partial charge in [-0.1, -0.05) is 0 Å². The minimum Gasteiger partial charge on any atom is -0.357 e. The van der Waals surface area contributed by atoms with E-state index in [0.717, 1.165) is 0 Å². The average molecular weight is 467 g/mol. The van der Waals surface area contributed by atoms with Crippen LogP contribution in [-0.4, -0.2) is 49.0 Å². The highest BCUT2D eigenvalue weighted by molar-refractivity contribution is 7.89. The van der Waals surface area contributed by atoms with E-state index in [-0.39, 0.29) is 53.9 Å². The molecule has 2 N–H and O–H groups in total. The van der Waals surface area contributed by atoms with Crippen molar-refractivity contribution in [3.63, 3.8) is 0 Å². The minimum atomic E-state index is -3.90. The third-order valence-electron chi connectivity index (χ3n) is 6.67. The molecular formula is C21H23F2N5O3S. The molecule has 4 heterocycles. The van der Waals surface area contributed by atoms with Crippen LogP contribution in [0.1, 0.15) is 23.4 Å². The highest BCUT2D eigenvalue weighted by atomic mass is 32.2. The Morgan fingerprint density at radius 3 is 2.62 bits per heavy atom. The molecule has 0 atom stereocenters. The molecular weight excluding hydrogens is 440 g/mol. The van der Waals surface area contributed by atoms with Crippen molar-refractivity contribution in [2.45, 2.75) is 30.1 Å². The highest BCUT2D eigenvalue weighted by Crippen LogP contribution is 2.66. The van der Waals surface area contributed by atoms with E-state index in [1.807, 2.05) is 0 Å². The first-order chi connectivity index (χ1) is 16.3. The van der Waals surface area contributed by atoms with Crippen LogP contribution in [0.3, 0.4) is 0 Å². The number of fused-ring (bicyclic) bond motifs is 1. The Balaban J connectivity index is 1.70. The minimum absolute atomic E-state index is 0.0432. The number of halogens is 2. The van der Waals surface area contributed by atoms with Crippen molar-refractivity contribution < 1.29 is 21.3 Å². The number of sulfonamides is 1. The van der Waals surface area contributed by atoms with Gasteiger partial charge in [0.1, 0.15) is 16.2 Å². The van der Waals surface area contributed by atoms with Crippen molar-refractivity contribution in [2.24, 2.45) is 12.4 Å². The molecule has 3 aromatic rings. The van der Waals surface area contributed by atoms with Crippen LogP contribution in [0, 0.1) is 5.41 Å². The maximum atomic E-state index is 13.9. The smallest absolute Gasteiger partial charge is 0.274 e. The Kier molecular flexibility index (Phi) is 3.80. The van der Waals surface area contributed by atoms with Gasteiger partial charge in [-0.3, -0.25) is 4.79 Å². The van der Waals surface area contributed by atoms with Crippen LogP contribution < -0.4 is 15.2 Å². The summed E-state index contributed by atoms with van der Waals surface area (Å²) < 4.78 is 79.1. The SMILES string of the molecule is [2H]C([2H])([2H])n1cc(-c2cc(S(=O)(=O)NC)cnc2N2CCC3(CC2)CC3(F)F)c2cc[nH]c2c1=O. The summed E-state index contributed by atoms with van der Waals surface area (Å²) in [5.74, 6) is -2.34. The van der Waals surface area contributed by atoms with E-state index >= 15 is 0 Å². The van der Waals surface area contributed by atoms with Gasteiger partial charge in [0.2, 0.25) is 10.0 Å². The normalized spacial score (nSPS) is 21.3. The molecule has 5 rings (SSSR count). The molecule has 1 aliphatic heterocycles. The zero-order valence-corrected chi connectivity index (χ0v) is 18.0. The van der Waals surface area contributed by atoms with E-state index in [2.05, 4.69) is 14.7 Å². The Labute approximate surface area is 187 Å². The molecule has 2 aliphatic rings. The third kappa shape index (κ3) is 3.06. The lowest BCUT2D eigenvalue weighted by molar-refractivity contribution is 0.0536. The first-order valence-corrected chi connectivity index (χ1v) is 11.6. The maximum absolute atomic E-state index is 13.9. The van der Waals surface area contributed by atoms with Crippen molar-refractivity contribution >= 4 is 26.7 Å². The fraction of sp³-hybridized carbons (Fsp3) is 0.429. The van der Waals surface area contributed by atoms with E-state index in [4.69, 9.17) is 4.11 Å². The number of hydrogen-bond acceptors (Lipinski definition) is 5. The fourth-order valence-corrected chi connectivity index (χ4v) is 5.29. The third-order valence-corrected chi connectivity index (χ3v) is 8.05. The van der Waals surface area contributed by atoms with E-state index in [0.29, 0.717) is 15.8 Å². The first-order valence-electron chi connectivity index (χ1n) is 11.6. The van der Waals surface area contributed by atoms with Gasteiger partial charge in [-0.2, -0.15) is 0 Å². The molecule has 1 spiro atoms. The molecule has 0 amide bonds. The first kappa shape index (κ1) is 17.7. The number of hydrogen-bond donors (Lipinski definition) is 2. The summed E-state index contributed by atoms with van der Waals surface area (Å²) in [6.07, 6.45) is 4.21. The topological polar surface area (TPSA) is 100 Å². The molecule has 0 radical (unpaired) electrons. The lowest BCUT2D eigenvalue weighted by Crippen LogP contribution is -2.37. The summed E-state index contributed by atoms with van der Waals surface area (Å²) in [5.41, 5.74) is -1.14. The predicted octanol–water partition coefficient (Wildman–Crippen LogP) is 2.46. The second-order valence-electron chi connectivity index (χ2n) is 8.38. The number of alkyl halides is 2. The van der Waals surface area contributed by atoms with Crippen LogP contribution in [0.2, 0.25) is 0 Å². The molecule has 0 bridgehead atoms. The second kappa shape index (κ2) is 6.85. The van der Waals surface area contributed by atoms with Gasteiger partial charge in [0, 0.05) is 71.1 Å². The van der Waals surface area contributed by atoms with E-state index < -0.39 is 33.9 Å². The van der Waals surface area contributed by atoms with Gasteiger partial charge in [0.05, 0.1) is 0 Å². The zero-order chi connectivity index (χ0) is 25.4. The van der Waals surface area contributed by atoms with Crippen LogP contribution in [0.5, 0.6) is 0 Å². The Hall–Kier alpha value is -2.79. The fourth-order valence-electron chi connectivity index (χ4n) is 4.59. The Morgan fingerprint density at radius 1 is 1.28 bits per heavy atom. The number of rotatable bonds is 4. The van der Waals surface area contributed by atoms with Crippen molar-refractivity contribution in [1.82, 2.24) is 19.3 Å². The maximum Gasteiger partial charge on any atom is 0.274 e. The molecule has 2 fully saturated rings. The van der Waals surface area contributed by atoms with Gasteiger partial charge < -0.3 is 14.5 Å². The molecule has 0 unspecified atom stereocenters. The summed E-state index contributed by atoms with van der Waals surface area (Å²) in [4.78, 5) is 21.6. The molecule has 1 aliphatic carbocycles. The molecule has 8 nitrogen and oxygen atoms in total. The van der Waals surface area contributed by atoms with Gasteiger partial charge in [-0.25, -0.2) is 26.9 Å². The number of aryl methyl sites for hydroxylation is 1. The van der Waals surface area contributed by atoms with Crippen LogP contribution in [-0.2, 0) is 17.0 Å². The monoisotopic (exact) mass is 466 g/mol. The molecule has 0 aromatic carbocycles. The van der Waals surface area contributed by atoms with Crippen LogP contribution in [0.4, 0.5) is 14.6 Å². The van der Waals surface area contributed by atoms with Gasteiger partial charge in [0.15, 0.2) is 0 Å².